The number of ether oxygens (including phenoxy) is 1. The van der Waals surface area contributed by atoms with Gasteiger partial charge in [-0.3, -0.25) is 0 Å². The van der Waals surface area contributed by atoms with Crippen LogP contribution < -0.4 is 4.65 Å². The molecule has 80 valence electrons. The molecule has 2 N–H and O–H groups in total. The van der Waals surface area contributed by atoms with Gasteiger partial charge < -0.3 is 19.4 Å². The smallest absolute Gasteiger partial charge is 0.512 e. The molecule has 0 saturated heterocycles. The van der Waals surface area contributed by atoms with Gasteiger partial charge in [0, 0.05) is 0 Å². The highest BCUT2D eigenvalue weighted by Crippen LogP contribution is 2.19. The van der Waals surface area contributed by atoms with Crippen LogP contribution >= 0.6 is 0 Å². The number of esters is 1. The Morgan fingerprint density at radius 3 is 2.53 bits per heavy atom. The summed E-state index contributed by atoms with van der Waals surface area (Å²) in [4.78, 5) is 11.1. The van der Waals surface area contributed by atoms with Crippen LogP contribution in [0.2, 0.25) is 0 Å². The zero-order valence-corrected chi connectivity index (χ0v) is 8.43. The number of benzene rings is 1. The minimum absolute atomic E-state index is 0.303. The minimum atomic E-state index is -1.87. The Balaban J connectivity index is 2.93. The van der Waals surface area contributed by atoms with Crippen LogP contribution in [0.3, 0.4) is 0 Å². The Morgan fingerprint density at radius 2 is 2.07 bits per heavy atom. The van der Waals surface area contributed by atoms with Gasteiger partial charge in [-0.25, -0.2) is 4.79 Å². The molecular formula is C9H11BO5. The summed E-state index contributed by atoms with van der Waals surface area (Å²) >= 11 is 0. The van der Waals surface area contributed by atoms with E-state index in [4.69, 9.17) is 10.0 Å². The van der Waals surface area contributed by atoms with Crippen molar-refractivity contribution in [1.82, 2.24) is 0 Å². The molecule has 0 heterocycles. The normalized spacial score (nSPS) is 9.60. The molecule has 0 amide bonds. The topological polar surface area (TPSA) is 76.0 Å². The Kier molecular flexibility index (Phi) is 3.71. The molecule has 0 radical (unpaired) electrons. The summed E-state index contributed by atoms with van der Waals surface area (Å²) in [6.45, 7) is 1.68. The first-order valence-corrected chi connectivity index (χ1v) is 4.26. The third-order valence-electron chi connectivity index (χ3n) is 1.83. The third kappa shape index (κ3) is 2.97. The van der Waals surface area contributed by atoms with E-state index in [0.29, 0.717) is 16.9 Å². The van der Waals surface area contributed by atoms with Gasteiger partial charge in [0.2, 0.25) is 0 Å². The summed E-state index contributed by atoms with van der Waals surface area (Å²) in [6, 6.07) is 4.50. The molecule has 0 bridgehead atoms. The van der Waals surface area contributed by atoms with Crippen LogP contribution in [0, 0.1) is 6.92 Å². The molecule has 0 unspecified atom stereocenters. The minimum Gasteiger partial charge on any atom is -0.512 e. The summed E-state index contributed by atoms with van der Waals surface area (Å²) in [7, 11) is -0.577. The molecule has 5 nitrogen and oxygen atoms in total. The van der Waals surface area contributed by atoms with Crippen molar-refractivity contribution in [3.05, 3.63) is 29.3 Å². The lowest BCUT2D eigenvalue weighted by molar-refractivity contribution is 0.0600. The fourth-order valence-corrected chi connectivity index (χ4v) is 1.14. The summed E-state index contributed by atoms with van der Waals surface area (Å²) in [5, 5.41) is 17.2. The van der Waals surface area contributed by atoms with Crippen LogP contribution in [0.1, 0.15) is 15.9 Å². The van der Waals surface area contributed by atoms with E-state index < -0.39 is 13.3 Å². The Hall–Kier alpha value is -1.53. The third-order valence-corrected chi connectivity index (χ3v) is 1.83. The van der Waals surface area contributed by atoms with Gasteiger partial charge in [-0.05, 0) is 30.7 Å². The highest BCUT2D eigenvalue weighted by Gasteiger charge is 2.14. The number of rotatable bonds is 3. The Labute approximate surface area is 87.4 Å². The molecule has 6 heteroatoms. The molecule has 1 aromatic rings. The molecule has 0 aliphatic rings. The van der Waals surface area contributed by atoms with Crippen molar-refractivity contribution in [2.24, 2.45) is 0 Å². The standard InChI is InChI=1S/C9H11BO5/c1-6-5-7(9(11)14-2)3-4-8(6)15-10(12)13/h3-5,12-13H,1-2H3. The van der Waals surface area contributed by atoms with Crippen LogP contribution in [-0.4, -0.2) is 30.4 Å². The van der Waals surface area contributed by atoms with Crippen molar-refractivity contribution >= 4 is 13.3 Å². The van der Waals surface area contributed by atoms with Crippen molar-refractivity contribution in [2.45, 2.75) is 6.92 Å². The zero-order valence-electron chi connectivity index (χ0n) is 8.43. The van der Waals surface area contributed by atoms with Gasteiger partial charge in [0.1, 0.15) is 5.75 Å². The van der Waals surface area contributed by atoms with Gasteiger partial charge in [0.15, 0.2) is 0 Å². The van der Waals surface area contributed by atoms with Gasteiger partial charge in [-0.2, -0.15) is 0 Å². The molecule has 0 aliphatic heterocycles. The molecule has 0 atom stereocenters. The van der Waals surface area contributed by atoms with E-state index in [2.05, 4.69) is 9.39 Å². The first-order valence-electron chi connectivity index (χ1n) is 4.26. The van der Waals surface area contributed by atoms with Gasteiger partial charge in [-0.15, -0.1) is 0 Å². The van der Waals surface area contributed by atoms with Crippen LogP contribution in [-0.2, 0) is 4.74 Å². The van der Waals surface area contributed by atoms with Gasteiger partial charge in [-0.1, -0.05) is 0 Å². The lowest BCUT2D eigenvalue weighted by Gasteiger charge is -2.08. The second kappa shape index (κ2) is 4.81. The van der Waals surface area contributed by atoms with Crippen molar-refractivity contribution in [2.75, 3.05) is 7.11 Å². The maximum atomic E-state index is 11.1. The number of hydrogen-bond donors (Lipinski definition) is 2. The Morgan fingerprint density at radius 1 is 1.40 bits per heavy atom. The first kappa shape index (κ1) is 11.5. The molecule has 1 aromatic carbocycles. The van der Waals surface area contributed by atoms with E-state index in [1.165, 1.54) is 19.2 Å². The molecule has 0 spiro atoms. The summed E-state index contributed by atoms with van der Waals surface area (Å²) in [6.07, 6.45) is 0. The molecule has 1 rings (SSSR count). The van der Waals surface area contributed by atoms with Crippen molar-refractivity contribution in [3.63, 3.8) is 0 Å². The zero-order chi connectivity index (χ0) is 11.4. The monoisotopic (exact) mass is 210 g/mol. The maximum absolute atomic E-state index is 11.1. The second-order valence-corrected chi connectivity index (χ2v) is 2.92. The van der Waals surface area contributed by atoms with Crippen LogP contribution in [0.25, 0.3) is 0 Å². The largest absolute Gasteiger partial charge is 0.707 e. The van der Waals surface area contributed by atoms with E-state index in [-0.39, 0.29) is 0 Å². The SMILES string of the molecule is COC(=O)c1ccc(OB(O)O)c(C)c1. The molecule has 0 fully saturated rings. The van der Waals surface area contributed by atoms with Crippen molar-refractivity contribution < 1.29 is 24.2 Å². The Bertz CT molecular complexity index is 364. The summed E-state index contributed by atoms with van der Waals surface area (Å²) < 4.78 is 9.21. The average Bonchev–Trinajstić information content (AvgIpc) is 2.19. The predicted octanol–water partition coefficient (Wildman–Crippen LogP) is 0.130. The van der Waals surface area contributed by atoms with Crippen molar-refractivity contribution in [1.29, 1.82) is 0 Å². The highest BCUT2D eigenvalue weighted by molar-refractivity contribution is 6.33. The van der Waals surface area contributed by atoms with E-state index in [1.807, 2.05) is 0 Å². The second-order valence-electron chi connectivity index (χ2n) is 2.92. The van der Waals surface area contributed by atoms with E-state index >= 15 is 0 Å². The molecule has 15 heavy (non-hydrogen) atoms. The lowest BCUT2D eigenvalue weighted by atomic mass is 10.1. The highest BCUT2D eigenvalue weighted by atomic mass is 16.6. The van der Waals surface area contributed by atoms with Crippen molar-refractivity contribution in [3.8, 4) is 5.75 Å². The summed E-state index contributed by atoms with van der Waals surface area (Å²) in [5.41, 5.74) is 1.00. The van der Waals surface area contributed by atoms with Gasteiger partial charge in [0.05, 0.1) is 12.7 Å². The average molecular weight is 210 g/mol. The fraction of sp³-hybridized carbons (Fsp3) is 0.222. The summed E-state index contributed by atoms with van der Waals surface area (Å²) in [5.74, 6) is -0.146. The van der Waals surface area contributed by atoms with E-state index in [0.717, 1.165) is 0 Å². The van der Waals surface area contributed by atoms with Crippen LogP contribution in [0.15, 0.2) is 18.2 Å². The molecule has 0 aromatic heterocycles. The lowest BCUT2D eigenvalue weighted by Crippen LogP contribution is -2.21. The quantitative estimate of drug-likeness (QED) is 0.547. The maximum Gasteiger partial charge on any atom is 0.707 e. The molecular weight excluding hydrogens is 199 g/mol. The fourth-order valence-electron chi connectivity index (χ4n) is 1.14. The van der Waals surface area contributed by atoms with E-state index in [1.54, 1.807) is 13.0 Å². The van der Waals surface area contributed by atoms with Crippen LogP contribution in [0.4, 0.5) is 0 Å². The van der Waals surface area contributed by atoms with E-state index in [9.17, 15) is 4.79 Å². The number of carbonyl (C=O) groups excluding carboxylic acids is 1. The predicted molar refractivity (Wildman–Crippen MR) is 53.3 cm³/mol. The number of carbonyl (C=O) groups is 1. The van der Waals surface area contributed by atoms with Gasteiger partial charge >= 0.3 is 13.3 Å². The molecule has 0 aliphatic carbocycles. The molecule has 0 saturated carbocycles. The van der Waals surface area contributed by atoms with Crippen LogP contribution in [0.5, 0.6) is 5.75 Å². The number of hydrogen-bond acceptors (Lipinski definition) is 5. The number of aryl methyl sites for hydroxylation is 1. The first-order chi connectivity index (χ1) is 7.04. The van der Waals surface area contributed by atoms with Gasteiger partial charge in [0.25, 0.3) is 0 Å². The number of methoxy groups -OCH3 is 1.